The van der Waals surface area contributed by atoms with Crippen molar-refractivity contribution in [2.45, 2.75) is 45.6 Å². The van der Waals surface area contributed by atoms with Crippen LogP contribution in [-0.2, 0) is 9.53 Å². The molecule has 1 aromatic heterocycles. The van der Waals surface area contributed by atoms with Gasteiger partial charge in [0.05, 0.1) is 16.8 Å². The number of amides is 1. The second-order valence-corrected chi connectivity index (χ2v) is 8.36. The molecule has 1 N–H and O–H groups in total. The van der Waals surface area contributed by atoms with Crippen LogP contribution in [0.15, 0.2) is 54.6 Å². The first kappa shape index (κ1) is 21.0. The average molecular weight is 417 g/mol. The molecule has 1 fully saturated rings. The van der Waals surface area contributed by atoms with Crippen molar-refractivity contribution < 1.29 is 14.3 Å². The normalized spacial score (nSPS) is 18.5. The van der Waals surface area contributed by atoms with Gasteiger partial charge in [-0.2, -0.15) is 0 Å². The van der Waals surface area contributed by atoms with Crippen molar-refractivity contribution in [2.24, 2.45) is 5.92 Å². The van der Waals surface area contributed by atoms with Gasteiger partial charge in [-0.3, -0.25) is 4.79 Å². The number of benzene rings is 2. The summed E-state index contributed by atoms with van der Waals surface area (Å²) in [5.41, 5.74) is 3.61. The Hall–Kier alpha value is -3.21. The summed E-state index contributed by atoms with van der Waals surface area (Å²) >= 11 is 0. The molecule has 0 radical (unpaired) electrons. The zero-order chi connectivity index (χ0) is 21.8. The summed E-state index contributed by atoms with van der Waals surface area (Å²) in [7, 11) is 0. The lowest BCUT2D eigenvalue weighted by molar-refractivity contribution is -0.125. The minimum atomic E-state index is -0.500. The van der Waals surface area contributed by atoms with Crippen LogP contribution in [0.1, 0.15) is 48.5 Å². The molecule has 31 heavy (non-hydrogen) atoms. The number of ether oxygens (including phenoxy) is 1. The summed E-state index contributed by atoms with van der Waals surface area (Å²) in [5, 5.41) is 3.76. The lowest BCUT2D eigenvalue weighted by Gasteiger charge is -2.29. The number of nitrogens with one attached hydrogen (secondary N) is 1. The molecule has 3 aromatic rings. The fourth-order valence-electron chi connectivity index (χ4n) is 4.43. The van der Waals surface area contributed by atoms with Gasteiger partial charge in [-0.05, 0) is 37.3 Å². The Kier molecular flexibility index (Phi) is 6.31. The highest BCUT2D eigenvalue weighted by molar-refractivity contribution is 6.06. The van der Waals surface area contributed by atoms with Crippen molar-refractivity contribution in [3.63, 3.8) is 0 Å². The zero-order valence-electron chi connectivity index (χ0n) is 18.1. The minimum Gasteiger partial charge on any atom is -0.452 e. The van der Waals surface area contributed by atoms with Crippen LogP contribution in [0.25, 0.3) is 22.2 Å². The molecule has 2 aromatic carbocycles. The van der Waals surface area contributed by atoms with Gasteiger partial charge in [0, 0.05) is 17.0 Å². The van der Waals surface area contributed by atoms with Crippen molar-refractivity contribution in [1.29, 1.82) is 0 Å². The molecule has 1 aliphatic rings. The monoisotopic (exact) mass is 416 g/mol. The number of hydrogen-bond donors (Lipinski definition) is 1. The fourth-order valence-corrected chi connectivity index (χ4v) is 4.43. The number of nitrogens with zero attached hydrogens (tertiary/aromatic N) is 1. The molecule has 1 saturated carbocycles. The molecule has 0 saturated heterocycles. The van der Waals surface area contributed by atoms with Crippen LogP contribution in [-0.4, -0.2) is 29.5 Å². The van der Waals surface area contributed by atoms with E-state index in [4.69, 9.17) is 9.72 Å². The van der Waals surface area contributed by atoms with Crippen LogP contribution >= 0.6 is 0 Å². The van der Waals surface area contributed by atoms with Crippen molar-refractivity contribution >= 4 is 22.8 Å². The lowest BCUT2D eigenvalue weighted by Crippen LogP contribution is -2.42. The van der Waals surface area contributed by atoms with Gasteiger partial charge >= 0.3 is 5.97 Å². The fraction of sp³-hybridized carbons (Fsp3) is 0.346. The Bertz CT molecular complexity index is 1090. The smallest absolute Gasteiger partial charge is 0.339 e. The highest BCUT2D eigenvalue weighted by Crippen LogP contribution is 2.30. The van der Waals surface area contributed by atoms with Crippen LogP contribution in [0.5, 0.6) is 0 Å². The van der Waals surface area contributed by atoms with Gasteiger partial charge in [-0.25, -0.2) is 9.78 Å². The first-order chi connectivity index (χ1) is 15.0. The standard InChI is InChI=1S/C26H28N2O3/c1-17-10-6-8-14-21(17)27-23(29)16-31-26(30)24-18(2)25(19-11-4-3-5-12-19)28-22-15-9-7-13-20(22)24/h3-5,7,9,11-13,15,17,21H,6,8,10,14,16H2,1-2H3,(H,27,29)/t17-,21-/m1/s1. The zero-order valence-corrected chi connectivity index (χ0v) is 18.1. The predicted molar refractivity (Wildman–Crippen MR) is 122 cm³/mol. The second kappa shape index (κ2) is 9.29. The molecule has 5 nitrogen and oxygen atoms in total. The van der Waals surface area contributed by atoms with Crippen LogP contribution < -0.4 is 5.32 Å². The number of pyridine rings is 1. The molecule has 1 amide bonds. The number of aromatic nitrogens is 1. The van der Waals surface area contributed by atoms with Gasteiger partial charge in [-0.15, -0.1) is 0 Å². The molecular weight excluding hydrogens is 388 g/mol. The van der Waals surface area contributed by atoms with Crippen molar-refractivity contribution in [3.8, 4) is 11.3 Å². The molecule has 0 unspecified atom stereocenters. The van der Waals surface area contributed by atoms with Crippen molar-refractivity contribution in [1.82, 2.24) is 10.3 Å². The second-order valence-electron chi connectivity index (χ2n) is 8.36. The maximum absolute atomic E-state index is 13.1. The number of carbonyl (C=O) groups is 2. The average Bonchev–Trinajstić information content (AvgIpc) is 2.79. The summed E-state index contributed by atoms with van der Waals surface area (Å²) in [6.07, 6.45) is 4.44. The van der Waals surface area contributed by atoms with Crippen LogP contribution in [0.2, 0.25) is 0 Å². The molecule has 0 bridgehead atoms. The Labute approximate surface area is 182 Å². The molecule has 2 atom stereocenters. The Morgan fingerprint density at radius 3 is 2.52 bits per heavy atom. The summed E-state index contributed by atoms with van der Waals surface area (Å²) in [5.74, 6) is -0.292. The van der Waals surface area contributed by atoms with E-state index in [0.717, 1.165) is 47.0 Å². The number of carbonyl (C=O) groups excluding carboxylic acids is 2. The Balaban J connectivity index is 1.57. The number of fused-ring (bicyclic) bond motifs is 1. The van der Waals surface area contributed by atoms with Crippen LogP contribution in [0.3, 0.4) is 0 Å². The van der Waals surface area contributed by atoms with E-state index < -0.39 is 5.97 Å². The van der Waals surface area contributed by atoms with E-state index in [-0.39, 0.29) is 18.6 Å². The van der Waals surface area contributed by atoms with E-state index in [9.17, 15) is 9.59 Å². The van der Waals surface area contributed by atoms with E-state index in [1.165, 1.54) is 6.42 Å². The van der Waals surface area contributed by atoms with E-state index in [1.54, 1.807) is 0 Å². The van der Waals surface area contributed by atoms with Gasteiger partial charge in [-0.1, -0.05) is 68.3 Å². The number of para-hydroxylation sites is 1. The minimum absolute atomic E-state index is 0.160. The van der Waals surface area contributed by atoms with Gasteiger partial charge in [0.25, 0.3) is 5.91 Å². The first-order valence-electron chi connectivity index (χ1n) is 11.0. The highest BCUT2D eigenvalue weighted by Gasteiger charge is 2.24. The Morgan fingerprint density at radius 2 is 1.74 bits per heavy atom. The number of rotatable bonds is 5. The molecule has 1 heterocycles. The molecular formula is C26H28N2O3. The maximum atomic E-state index is 13.1. The van der Waals surface area contributed by atoms with Crippen molar-refractivity contribution in [3.05, 3.63) is 65.7 Å². The molecule has 5 heteroatoms. The van der Waals surface area contributed by atoms with Gasteiger partial charge in [0.2, 0.25) is 0 Å². The first-order valence-corrected chi connectivity index (χ1v) is 11.0. The molecule has 0 spiro atoms. The van der Waals surface area contributed by atoms with Crippen LogP contribution in [0, 0.1) is 12.8 Å². The number of hydrogen-bond acceptors (Lipinski definition) is 4. The molecule has 1 aliphatic carbocycles. The highest BCUT2D eigenvalue weighted by atomic mass is 16.5. The van der Waals surface area contributed by atoms with Gasteiger partial charge in [0.15, 0.2) is 6.61 Å². The molecule has 0 aliphatic heterocycles. The Morgan fingerprint density at radius 1 is 1.03 bits per heavy atom. The van der Waals surface area contributed by atoms with Crippen molar-refractivity contribution in [2.75, 3.05) is 6.61 Å². The van der Waals surface area contributed by atoms with E-state index in [0.29, 0.717) is 11.5 Å². The van der Waals surface area contributed by atoms with E-state index in [1.807, 2.05) is 61.5 Å². The third-order valence-corrected chi connectivity index (χ3v) is 6.18. The van der Waals surface area contributed by atoms with E-state index in [2.05, 4.69) is 12.2 Å². The van der Waals surface area contributed by atoms with Gasteiger partial charge in [0.1, 0.15) is 0 Å². The summed E-state index contributed by atoms with van der Waals surface area (Å²) in [6, 6.07) is 17.5. The predicted octanol–water partition coefficient (Wildman–Crippen LogP) is 5.06. The summed E-state index contributed by atoms with van der Waals surface area (Å²) in [4.78, 5) is 30.3. The summed E-state index contributed by atoms with van der Waals surface area (Å²) in [6.45, 7) is 3.76. The maximum Gasteiger partial charge on any atom is 0.339 e. The quantitative estimate of drug-likeness (QED) is 0.590. The van der Waals surface area contributed by atoms with Gasteiger partial charge < -0.3 is 10.1 Å². The largest absolute Gasteiger partial charge is 0.452 e. The third kappa shape index (κ3) is 4.61. The van der Waals surface area contributed by atoms with Crippen LogP contribution in [0.4, 0.5) is 0 Å². The summed E-state index contributed by atoms with van der Waals surface area (Å²) < 4.78 is 5.47. The number of esters is 1. The lowest BCUT2D eigenvalue weighted by atomic mass is 9.86. The van der Waals surface area contributed by atoms with E-state index >= 15 is 0 Å². The topological polar surface area (TPSA) is 68.3 Å². The third-order valence-electron chi connectivity index (χ3n) is 6.18. The molecule has 160 valence electrons. The molecule has 4 rings (SSSR count). The SMILES string of the molecule is Cc1c(-c2ccccc2)nc2ccccc2c1C(=O)OCC(=O)N[C@@H]1CCCC[C@H]1C.